The van der Waals surface area contributed by atoms with Gasteiger partial charge < -0.3 is 10.6 Å². The number of sulfonamides is 1. The molecule has 1 aromatic heterocycles. The van der Waals surface area contributed by atoms with Crippen molar-refractivity contribution < 1.29 is 13.2 Å². The molecule has 1 amide bonds. The lowest BCUT2D eigenvalue weighted by atomic mass is 10.1. The molecule has 1 aliphatic heterocycles. The summed E-state index contributed by atoms with van der Waals surface area (Å²) in [5, 5.41) is 5.00. The fourth-order valence-corrected chi connectivity index (χ4v) is 3.31. The molecule has 1 atom stereocenters. The number of carbonyl (C=O) groups excluding carboxylic acids is 1. The Morgan fingerprint density at radius 1 is 1.47 bits per heavy atom. The Labute approximate surface area is 119 Å². The fourth-order valence-electron chi connectivity index (χ4n) is 2.10. The average molecular weight is 349 g/mol. The largest absolute Gasteiger partial charge is 0.396 e. The number of nitrogens with two attached hydrogens (primary N) is 2. The van der Waals surface area contributed by atoms with Crippen molar-refractivity contribution in [1.29, 1.82) is 0 Å². The third-order valence-electron chi connectivity index (χ3n) is 2.88. The first-order chi connectivity index (χ1) is 8.78. The Hall–Kier alpha value is -1.19. The van der Waals surface area contributed by atoms with Crippen molar-refractivity contribution >= 4 is 43.2 Å². The average Bonchev–Trinajstić information content (AvgIpc) is 2.61. The van der Waals surface area contributed by atoms with E-state index in [0.29, 0.717) is 15.8 Å². The molecule has 4 N–H and O–H groups in total. The third kappa shape index (κ3) is 3.23. The normalized spacial score (nSPS) is 20.0. The first-order valence-electron chi connectivity index (χ1n) is 5.47. The second-order valence-corrected chi connectivity index (χ2v) is 6.97. The maximum atomic E-state index is 11.9. The predicted octanol–water partition coefficient (Wildman–Crippen LogP) is 0.0677. The van der Waals surface area contributed by atoms with E-state index in [1.54, 1.807) is 0 Å². The van der Waals surface area contributed by atoms with Crippen molar-refractivity contribution in [3.63, 3.8) is 0 Å². The summed E-state index contributed by atoms with van der Waals surface area (Å²) in [6, 6.07) is 0. The molecule has 7 nitrogen and oxygen atoms in total. The van der Waals surface area contributed by atoms with E-state index in [9.17, 15) is 13.2 Å². The van der Waals surface area contributed by atoms with Gasteiger partial charge in [0, 0.05) is 25.1 Å². The molecule has 104 valence electrons. The molecule has 9 heteroatoms. The highest BCUT2D eigenvalue weighted by atomic mass is 79.9. The summed E-state index contributed by atoms with van der Waals surface area (Å²) in [4.78, 5) is 17.3. The van der Waals surface area contributed by atoms with Crippen LogP contribution in [0.3, 0.4) is 0 Å². The molecule has 19 heavy (non-hydrogen) atoms. The molecule has 2 rings (SSSR count). The molecular weight excluding hydrogens is 336 g/mol. The summed E-state index contributed by atoms with van der Waals surface area (Å²) in [5.41, 5.74) is 6.76. The van der Waals surface area contributed by atoms with E-state index >= 15 is 0 Å². The van der Waals surface area contributed by atoms with Crippen LogP contribution in [0.15, 0.2) is 16.9 Å². The summed E-state index contributed by atoms with van der Waals surface area (Å²) in [6.07, 6.45) is 3.15. The molecule has 0 aliphatic carbocycles. The summed E-state index contributed by atoms with van der Waals surface area (Å²) >= 11 is 3.24. The molecule has 1 unspecified atom stereocenters. The molecule has 0 saturated carbocycles. The standard InChI is InChI=1S/C10H13BrN4O3S/c11-7-2-14-3-8(10(7)12)15-4-6(1-9(15)16)5-19(13,17)18/h2-3,6H,1,4-5H2,(H2,12,14)(H2,13,17,18). The summed E-state index contributed by atoms with van der Waals surface area (Å²) < 4.78 is 22.7. The maximum Gasteiger partial charge on any atom is 0.227 e. The van der Waals surface area contributed by atoms with E-state index < -0.39 is 10.0 Å². The highest BCUT2D eigenvalue weighted by molar-refractivity contribution is 9.10. The van der Waals surface area contributed by atoms with Gasteiger partial charge in [0.15, 0.2) is 0 Å². The molecule has 0 spiro atoms. The number of rotatable bonds is 3. The highest BCUT2D eigenvalue weighted by Crippen LogP contribution is 2.33. The zero-order valence-corrected chi connectivity index (χ0v) is 12.3. The van der Waals surface area contributed by atoms with Crippen LogP contribution >= 0.6 is 15.9 Å². The van der Waals surface area contributed by atoms with Gasteiger partial charge in [-0.25, -0.2) is 13.6 Å². The smallest absolute Gasteiger partial charge is 0.227 e. The topological polar surface area (TPSA) is 119 Å². The minimum absolute atomic E-state index is 0.141. The monoisotopic (exact) mass is 348 g/mol. The van der Waals surface area contributed by atoms with E-state index in [2.05, 4.69) is 20.9 Å². The minimum Gasteiger partial charge on any atom is -0.396 e. The highest BCUT2D eigenvalue weighted by Gasteiger charge is 2.34. The van der Waals surface area contributed by atoms with Gasteiger partial charge in [0.05, 0.1) is 27.8 Å². The van der Waals surface area contributed by atoms with Crippen LogP contribution in [0, 0.1) is 5.92 Å². The molecule has 2 heterocycles. The van der Waals surface area contributed by atoms with Gasteiger partial charge in [-0.15, -0.1) is 0 Å². The number of hydrogen-bond donors (Lipinski definition) is 2. The van der Waals surface area contributed by atoms with Crippen LogP contribution in [0.5, 0.6) is 0 Å². The van der Waals surface area contributed by atoms with Crippen LogP contribution in [0.2, 0.25) is 0 Å². The maximum absolute atomic E-state index is 11.9. The fraction of sp³-hybridized carbons (Fsp3) is 0.400. The van der Waals surface area contributed by atoms with Gasteiger partial charge in [0.25, 0.3) is 0 Å². The van der Waals surface area contributed by atoms with Gasteiger partial charge in [-0.2, -0.15) is 0 Å². The van der Waals surface area contributed by atoms with Gasteiger partial charge in [0.1, 0.15) is 0 Å². The van der Waals surface area contributed by atoms with Crippen LogP contribution in [0.25, 0.3) is 0 Å². The lowest BCUT2D eigenvalue weighted by Crippen LogP contribution is -2.28. The van der Waals surface area contributed by atoms with Crippen molar-refractivity contribution in [2.45, 2.75) is 6.42 Å². The SMILES string of the molecule is Nc1c(Br)cncc1N1CC(CS(N)(=O)=O)CC1=O. The quantitative estimate of drug-likeness (QED) is 0.800. The molecule has 0 radical (unpaired) electrons. The van der Waals surface area contributed by atoms with Gasteiger partial charge in [-0.05, 0) is 15.9 Å². The van der Waals surface area contributed by atoms with Crippen molar-refractivity contribution in [3.05, 3.63) is 16.9 Å². The summed E-state index contributed by atoms with van der Waals surface area (Å²) in [5.74, 6) is -0.711. The Kier molecular flexibility index (Phi) is 3.79. The van der Waals surface area contributed by atoms with Crippen LogP contribution in [0.4, 0.5) is 11.4 Å². The van der Waals surface area contributed by atoms with E-state index in [1.165, 1.54) is 17.3 Å². The molecule has 1 aromatic rings. The van der Waals surface area contributed by atoms with Crippen LogP contribution in [-0.4, -0.2) is 31.6 Å². The van der Waals surface area contributed by atoms with Crippen LogP contribution in [0.1, 0.15) is 6.42 Å². The molecule has 1 fully saturated rings. The van der Waals surface area contributed by atoms with Crippen molar-refractivity contribution in [1.82, 2.24) is 4.98 Å². The second-order valence-electron chi connectivity index (χ2n) is 4.46. The van der Waals surface area contributed by atoms with Crippen LogP contribution in [-0.2, 0) is 14.8 Å². The number of amides is 1. The molecule has 0 aromatic carbocycles. The molecule has 1 saturated heterocycles. The molecule has 1 aliphatic rings. The summed E-state index contributed by atoms with van der Waals surface area (Å²) in [7, 11) is -3.59. The third-order valence-corrected chi connectivity index (χ3v) is 4.45. The Morgan fingerprint density at radius 2 is 2.16 bits per heavy atom. The summed E-state index contributed by atoms with van der Waals surface area (Å²) in [6.45, 7) is 0.275. The van der Waals surface area contributed by atoms with Crippen molar-refractivity contribution in [3.8, 4) is 0 Å². The van der Waals surface area contributed by atoms with Crippen LogP contribution < -0.4 is 15.8 Å². The van der Waals surface area contributed by atoms with Gasteiger partial charge >= 0.3 is 0 Å². The lowest BCUT2D eigenvalue weighted by Gasteiger charge is -2.18. The number of primary sulfonamides is 1. The van der Waals surface area contributed by atoms with Crippen molar-refractivity contribution in [2.75, 3.05) is 22.9 Å². The number of aromatic nitrogens is 1. The van der Waals surface area contributed by atoms with E-state index in [0.717, 1.165) is 0 Å². The first kappa shape index (κ1) is 14.2. The number of carbonyl (C=O) groups is 1. The lowest BCUT2D eigenvalue weighted by molar-refractivity contribution is -0.117. The van der Waals surface area contributed by atoms with Gasteiger partial charge in [0.2, 0.25) is 15.9 Å². The first-order valence-corrected chi connectivity index (χ1v) is 7.98. The zero-order chi connectivity index (χ0) is 14.2. The number of nitrogens with zero attached hydrogens (tertiary/aromatic N) is 2. The second kappa shape index (κ2) is 5.06. The van der Waals surface area contributed by atoms with E-state index in [-0.39, 0.29) is 30.5 Å². The Bertz CT molecular complexity index is 619. The van der Waals surface area contributed by atoms with Gasteiger partial charge in [-0.3, -0.25) is 9.78 Å². The zero-order valence-electron chi connectivity index (χ0n) is 9.91. The Morgan fingerprint density at radius 3 is 2.79 bits per heavy atom. The predicted molar refractivity (Wildman–Crippen MR) is 74.8 cm³/mol. The Balaban J connectivity index is 2.23. The molecular formula is C10H13BrN4O3S. The number of nitrogen functional groups attached to an aromatic ring is 1. The van der Waals surface area contributed by atoms with E-state index in [4.69, 9.17) is 10.9 Å². The molecule has 0 bridgehead atoms. The van der Waals surface area contributed by atoms with Gasteiger partial charge in [-0.1, -0.05) is 0 Å². The number of pyridine rings is 1. The number of hydrogen-bond acceptors (Lipinski definition) is 5. The number of anilines is 2. The van der Waals surface area contributed by atoms with Crippen molar-refractivity contribution in [2.24, 2.45) is 11.1 Å². The minimum atomic E-state index is -3.59. The number of halogens is 1. The van der Waals surface area contributed by atoms with E-state index in [1.807, 2.05) is 0 Å².